The number of hydrogen-bond acceptors (Lipinski definition) is 6. The second-order valence-electron chi connectivity index (χ2n) is 8.68. The maximum absolute atomic E-state index is 10.2. The lowest BCUT2D eigenvalue weighted by Gasteiger charge is -2.34. The highest BCUT2D eigenvalue weighted by molar-refractivity contribution is 7.80. The minimum atomic E-state index is -4.41. The summed E-state index contributed by atoms with van der Waals surface area (Å²) >= 11 is 0. The minimum Gasteiger partial charge on any atom is -0.726 e. The molecule has 0 aliphatic carbocycles. The monoisotopic (exact) mass is 453 g/mol. The van der Waals surface area contributed by atoms with Gasteiger partial charge in [0.15, 0.2) is 0 Å². The van der Waals surface area contributed by atoms with Gasteiger partial charge in [0, 0.05) is 0 Å². The van der Waals surface area contributed by atoms with E-state index in [-0.39, 0.29) is 12.6 Å². The van der Waals surface area contributed by atoms with Crippen molar-refractivity contribution in [2.24, 2.45) is 0 Å². The number of rotatable bonds is 17. The Balaban J connectivity index is 0. The first-order valence-corrected chi connectivity index (χ1v) is 12.6. The number of likely N-dealkylation sites (N-methyl/N-ethyl adjacent to an activating group) is 1. The van der Waals surface area contributed by atoms with Gasteiger partial charge in [0.1, 0.15) is 12.1 Å². The molecule has 0 fully saturated rings. The lowest BCUT2D eigenvalue weighted by molar-refractivity contribution is -0.899. The Bertz CT molecular complexity index is 502. The van der Waals surface area contributed by atoms with Gasteiger partial charge in [0.2, 0.25) is 10.4 Å². The van der Waals surface area contributed by atoms with Crippen LogP contribution in [0.4, 0.5) is 0 Å². The molecule has 30 heavy (non-hydrogen) atoms. The molecule has 0 aromatic rings. The standard InChI is InChI=1S/C21H44NO2.CH4O4S/c1-5-6-7-8-9-10-11-12-13-14-15-16-17-18-21(24)20(19-23)22(2,3)4;1-5-6(2,3)4/h17-18,20-21,23-24H,5-16,19H2,1-4H3;1H3,(H,2,3,4)/q+1;/p-1/b18-17+;. The number of aliphatic hydroxyl groups is 2. The topological polar surface area (TPSA) is 107 Å². The van der Waals surface area contributed by atoms with Crippen molar-refractivity contribution in [3.05, 3.63) is 12.2 Å². The average molecular weight is 454 g/mol. The van der Waals surface area contributed by atoms with Crippen molar-refractivity contribution in [2.75, 3.05) is 34.9 Å². The predicted molar refractivity (Wildman–Crippen MR) is 122 cm³/mol. The summed E-state index contributed by atoms with van der Waals surface area (Å²) in [4.78, 5) is 0. The van der Waals surface area contributed by atoms with Crippen LogP contribution in [0, 0.1) is 0 Å². The highest BCUT2D eigenvalue weighted by Crippen LogP contribution is 2.13. The summed E-state index contributed by atoms with van der Waals surface area (Å²) < 4.78 is 31.6. The Morgan fingerprint density at radius 2 is 1.33 bits per heavy atom. The van der Waals surface area contributed by atoms with Gasteiger partial charge in [0.25, 0.3) is 0 Å². The van der Waals surface area contributed by atoms with Crippen LogP contribution >= 0.6 is 0 Å². The normalized spacial score (nSPS) is 14.4. The molecule has 2 unspecified atom stereocenters. The molecule has 0 rings (SSSR count). The summed E-state index contributed by atoms with van der Waals surface area (Å²) in [5.74, 6) is 0. The van der Waals surface area contributed by atoms with Crippen LogP contribution < -0.4 is 0 Å². The number of hydrogen-bond donors (Lipinski definition) is 2. The molecule has 0 aromatic heterocycles. The molecule has 0 saturated heterocycles. The van der Waals surface area contributed by atoms with Crippen LogP contribution in [0.1, 0.15) is 84.0 Å². The number of unbranched alkanes of at least 4 members (excludes halogenated alkanes) is 11. The van der Waals surface area contributed by atoms with E-state index in [2.05, 4.69) is 17.2 Å². The maximum Gasteiger partial charge on any atom is 0.217 e. The quantitative estimate of drug-likeness (QED) is 0.114. The summed E-state index contributed by atoms with van der Waals surface area (Å²) in [6.07, 6.45) is 19.4. The zero-order chi connectivity index (χ0) is 23.5. The Hall–Kier alpha value is -0.510. The largest absolute Gasteiger partial charge is 0.726 e. The van der Waals surface area contributed by atoms with E-state index >= 15 is 0 Å². The number of allylic oxidation sites excluding steroid dienone is 1. The lowest BCUT2D eigenvalue weighted by Crippen LogP contribution is -2.53. The Morgan fingerprint density at radius 3 is 1.67 bits per heavy atom. The van der Waals surface area contributed by atoms with Crippen molar-refractivity contribution >= 4 is 10.4 Å². The molecule has 182 valence electrons. The van der Waals surface area contributed by atoms with E-state index in [1.165, 1.54) is 70.6 Å². The van der Waals surface area contributed by atoms with Crippen LogP contribution in [0.5, 0.6) is 0 Å². The van der Waals surface area contributed by atoms with Gasteiger partial charge in [-0.25, -0.2) is 8.42 Å². The number of aliphatic hydroxyl groups excluding tert-OH is 2. The molecular formula is C22H47NO6S. The molecule has 8 heteroatoms. The second-order valence-corrected chi connectivity index (χ2v) is 9.83. The SMILES string of the molecule is CCCCCCCCCCCCC/C=C/C(O)C(CO)[N+](C)(C)C.COS(=O)(=O)[O-]. The van der Waals surface area contributed by atoms with Crippen molar-refractivity contribution in [3.8, 4) is 0 Å². The van der Waals surface area contributed by atoms with Gasteiger partial charge in [-0.1, -0.05) is 83.3 Å². The molecule has 0 aromatic carbocycles. The van der Waals surface area contributed by atoms with E-state index < -0.39 is 16.5 Å². The Kier molecular flexibility index (Phi) is 20.3. The van der Waals surface area contributed by atoms with Gasteiger partial charge < -0.3 is 19.2 Å². The van der Waals surface area contributed by atoms with Crippen LogP contribution in [0.2, 0.25) is 0 Å². The van der Waals surface area contributed by atoms with Crippen molar-refractivity contribution in [1.82, 2.24) is 0 Å². The van der Waals surface area contributed by atoms with E-state index in [0.717, 1.165) is 13.5 Å². The molecule has 2 atom stereocenters. The molecular weight excluding hydrogens is 406 g/mol. The highest BCUT2D eigenvalue weighted by atomic mass is 32.3. The number of nitrogens with zero attached hydrogens (tertiary/aromatic N) is 1. The zero-order valence-electron chi connectivity index (χ0n) is 19.9. The molecule has 0 saturated carbocycles. The van der Waals surface area contributed by atoms with E-state index in [1.54, 1.807) is 0 Å². The molecule has 0 bridgehead atoms. The minimum absolute atomic E-state index is 0.00739. The molecule has 0 spiro atoms. The van der Waals surface area contributed by atoms with Gasteiger partial charge in [-0.05, 0) is 12.8 Å². The molecule has 0 amide bonds. The van der Waals surface area contributed by atoms with Crippen LogP contribution in [0.3, 0.4) is 0 Å². The highest BCUT2D eigenvalue weighted by Gasteiger charge is 2.28. The smallest absolute Gasteiger partial charge is 0.217 e. The Labute approximate surface area is 185 Å². The zero-order valence-corrected chi connectivity index (χ0v) is 20.7. The summed E-state index contributed by atoms with van der Waals surface area (Å²) in [6, 6.07) is -0.154. The fourth-order valence-electron chi connectivity index (χ4n) is 3.10. The van der Waals surface area contributed by atoms with Crippen molar-refractivity contribution in [1.29, 1.82) is 0 Å². The maximum atomic E-state index is 10.2. The summed E-state index contributed by atoms with van der Waals surface area (Å²) in [5.41, 5.74) is 0. The van der Waals surface area contributed by atoms with Gasteiger partial charge in [-0.3, -0.25) is 4.18 Å². The third-order valence-electron chi connectivity index (χ3n) is 5.09. The van der Waals surface area contributed by atoms with Gasteiger partial charge in [-0.15, -0.1) is 0 Å². The lowest BCUT2D eigenvalue weighted by atomic mass is 10.0. The van der Waals surface area contributed by atoms with E-state index in [9.17, 15) is 23.2 Å². The first-order valence-electron chi connectivity index (χ1n) is 11.3. The molecule has 2 N–H and O–H groups in total. The Morgan fingerprint density at radius 1 is 0.933 bits per heavy atom. The third kappa shape index (κ3) is 22.2. The van der Waals surface area contributed by atoms with Crippen LogP contribution in [0.25, 0.3) is 0 Å². The third-order valence-corrected chi connectivity index (χ3v) is 5.50. The van der Waals surface area contributed by atoms with Gasteiger partial charge in [0.05, 0.1) is 34.9 Å². The molecule has 0 aliphatic rings. The predicted octanol–water partition coefficient (Wildman–Crippen LogP) is 3.76. The first-order chi connectivity index (χ1) is 14.0. The summed E-state index contributed by atoms with van der Waals surface area (Å²) in [5, 5.41) is 19.6. The van der Waals surface area contributed by atoms with Crippen molar-refractivity contribution in [2.45, 2.75) is 96.1 Å². The van der Waals surface area contributed by atoms with Gasteiger partial charge in [-0.2, -0.15) is 0 Å². The van der Waals surface area contributed by atoms with Crippen molar-refractivity contribution in [3.63, 3.8) is 0 Å². The molecule has 7 nitrogen and oxygen atoms in total. The summed E-state index contributed by atoms with van der Waals surface area (Å²) in [7, 11) is 2.40. The van der Waals surface area contributed by atoms with Crippen LogP contribution in [-0.2, 0) is 14.6 Å². The second kappa shape index (κ2) is 19.2. The van der Waals surface area contributed by atoms with E-state index in [1.807, 2.05) is 27.2 Å². The average Bonchev–Trinajstić information content (AvgIpc) is 2.65. The van der Waals surface area contributed by atoms with E-state index in [0.29, 0.717) is 4.48 Å². The van der Waals surface area contributed by atoms with Crippen molar-refractivity contribution < 1.29 is 31.8 Å². The first kappa shape index (κ1) is 31.7. The fourth-order valence-corrected chi connectivity index (χ4v) is 3.10. The molecule has 0 heterocycles. The van der Waals surface area contributed by atoms with Crippen LogP contribution in [-0.4, -0.2) is 74.7 Å². The van der Waals surface area contributed by atoms with E-state index in [4.69, 9.17) is 0 Å². The van der Waals surface area contributed by atoms with Gasteiger partial charge >= 0.3 is 0 Å². The molecule has 0 aliphatic heterocycles. The summed E-state index contributed by atoms with van der Waals surface area (Å²) in [6.45, 7) is 2.28. The molecule has 0 radical (unpaired) electrons. The fraction of sp³-hybridized carbons (Fsp3) is 0.909. The van der Waals surface area contributed by atoms with Crippen LogP contribution in [0.15, 0.2) is 12.2 Å². The number of quaternary nitrogens is 1.